The number of unbranched alkanes of at least 4 members (excludes halogenated alkanes) is 22. The summed E-state index contributed by atoms with van der Waals surface area (Å²) in [6.45, 7) is 2.74. The Kier molecular flexibility index (Phi) is 34.8. The summed E-state index contributed by atoms with van der Waals surface area (Å²) in [5.41, 5.74) is 0. The monoisotopic (exact) mass is 928 g/mol. The molecular weight excluding hydrogens is 835 g/mol. The second-order valence-corrected chi connectivity index (χ2v) is 18.3. The lowest BCUT2D eigenvalue weighted by molar-refractivity contribution is -0.359. The van der Waals surface area contributed by atoms with Crippen molar-refractivity contribution in [3.63, 3.8) is 0 Å². The largest absolute Gasteiger partial charge is 0.394 e. The Hall–Kier alpha value is -1.79. The predicted molar refractivity (Wildman–Crippen MR) is 254 cm³/mol. The van der Waals surface area contributed by atoms with Gasteiger partial charge in [-0.15, -0.1) is 0 Å². The van der Waals surface area contributed by atoms with Crippen molar-refractivity contribution in [3.05, 3.63) is 36.5 Å². The molecule has 0 aromatic carbocycles. The van der Waals surface area contributed by atoms with E-state index in [0.717, 1.165) is 44.9 Å². The molecule has 0 bridgehead atoms. The van der Waals surface area contributed by atoms with Gasteiger partial charge in [-0.25, -0.2) is 0 Å². The van der Waals surface area contributed by atoms with Crippen LogP contribution in [0.1, 0.15) is 187 Å². The minimum Gasteiger partial charge on any atom is -0.394 e. The van der Waals surface area contributed by atoms with Crippen molar-refractivity contribution < 1.29 is 64.6 Å². The number of allylic oxidation sites excluding steroid dienone is 5. The molecule has 0 aliphatic carbocycles. The highest BCUT2D eigenvalue weighted by atomic mass is 16.7. The van der Waals surface area contributed by atoms with Crippen LogP contribution in [0, 0.1) is 0 Å². The lowest BCUT2D eigenvalue weighted by Gasteiger charge is -2.46. The van der Waals surface area contributed by atoms with Gasteiger partial charge in [-0.1, -0.05) is 172 Å². The van der Waals surface area contributed by atoms with E-state index in [-0.39, 0.29) is 18.9 Å². The second-order valence-electron chi connectivity index (χ2n) is 18.3. The topological polar surface area (TPSA) is 228 Å². The van der Waals surface area contributed by atoms with Gasteiger partial charge in [0.15, 0.2) is 12.6 Å². The molecule has 2 saturated heterocycles. The van der Waals surface area contributed by atoms with Crippen LogP contribution < -0.4 is 5.32 Å². The Morgan fingerprint density at radius 2 is 0.985 bits per heavy atom. The summed E-state index contributed by atoms with van der Waals surface area (Å²) < 4.78 is 22.7. The van der Waals surface area contributed by atoms with Crippen LogP contribution in [-0.2, 0) is 23.7 Å². The molecule has 2 rings (SSSR count). The first-order valence-corrected chi connectivity index (χ1v) is 25.7. The molecule has 0 saturated carbocycles. The molecule has 0 aromatic heterocycles. The summed E-state index contributed by atoms with van der Waals surface area (Å²) >= 11 is 0. The van der Waals surface area contributed by atoms with Crippen molar-refractivity contribution in [3.8, 4) is 0 Å². The van der Waals surface area contributed by atoms with Crippen molar-refractivity contribution in [1.29, 1.82) is 0 Å². The van der Waals surface area contributed by atoms with Crippen LogP contribution >= 0.6 is 0 Å². The summed E-state index contributed by atoms with van der Waals surface area (Å²) in [5, 5.41) is 86.7. The minimum absolute atomic E-state index is 0.253. The zero-order valence-corrected chi connectivity index (χ0v) is 40.2. The molecule has 0 spiro atoms. The normalized spacial score (nSPS) is 27.3. The molecule has 14 nitrogen and oxygen atoms in total. The zero-order valence-electron chi connectivity index (χ0n) is 40.2. The van der Waals surface area contributed by atoms with Gasteiger partial charge in [0.1, 0.15) is 48.8 Å². The molecule has 2 aliphatic heterocycles. The van der Waals surface area contributed by atoms with Gasteiger partial charge in [0.25, 0.3) is 0 Å². The number of ether oxygens (including phenoxy) is 4. The van der Waals surface area contributed by atoms with Gasteiger partial charge in [0.2, 0.25) is 5.91 Å². The molecule has 2 heterocycles. The van der Waals surface area contributed by atoms with Gasteiger partial charge in [-0.2, -0.15) is 0 Å². The van der Waals surface area contributed by atoms with E-state index in [0.29, 0.717) is 12.8 Å². The fourth-order valence-corrected chi connectivity index (χ4v) is 8.32. The molecule has 2 aliphatic rings. The Balaban J connectivity index is 1.87. The Morgan fingerprint density at radius 1 is 0.538 bits per heavy atom. The van der Waals surface area contributed by atoms with Crippen molar-refractivity contribution in [2.24, 2.45) is 0 Å². The van der Waals surface area contributed by atoms with Crippen LogP contribution in [0.2, 0.25) is 0 Å². The molecule has 1 amide bonds. The average Bonchev–Trinajstić information content (AvgIpc) is 3.30. The summed E-state index contributed by atoms with van der Waals surface area (Å²) in [6.07, 6.45) is 26.1. The number of hydrogen-bond acceptors (Lipinski definition) is 13. The van der Waals surface area contributed by atoms with E-state index >= 15 is 0 Å². The first kappa shape index (κ1) is 59.3. The van der Waals surface area contributed by atoms with Crippen LogP contribution in [-0.4, -0.2) is 140 Å². The molecule has 12 atom stereocenters. The van der Waals surface area contributed by atoms with E-state index in [1.54, 1.807) is 6.08 Å². The molecule has 2 fully saturated rings. The number of aliphatic hydroxyl groups is 8. The van der Waals surface area contributed by atoms with Gasteiger partial charge in [-0.3, -0.25) is 4.79 Å². The summed E-state index contributed by atoms with van der Waals surface area (Å²) in [4.78, 5) is 13.2. The highest BCUT2D eigenvalue weighted by Gasteiger charge is 2.51. The number of carbonyl (C=O) groups is 1. The maximum Gasteiger partial charge on any atom is 0.220 e. The van der Waals surface area contributed by atoms with E-state index in [9.17, 15) is 45.6 Å². The van der Waals surface area contributed by atoms with Crippen molar-refractivity contribution >= 4 is 5.91 Å². The van der Waals surface area contributed by atoms with E-state index in [1.165, 1.54) is 109 Å². The molecule has 380 valence electrons. The highest BCUT2D eigenvalue weighted by Crippen LogP contribution is 2.30. The standard InChI is InChI=1S/C51H93NO13/c1-3-5-7-9-11-13-15-17-19-21-23-25-27-29-31-33-35-43(56)52-39(40(55)34-32-30-28-26-24-22-20-18-16-14-12-10-8-6-4-2)38-62-50-48(61)46(59)49(42(37-54)64-50)65-51-47(60)45(58)44(57)41(36-53)63-51/h16,18,24,26,32,34,39-42,44-51,53-55,57-61H,3-15,17,19-23,25,27-31,33,35-38H2,1-2H3,(H,52,56)/b18-16+,26-24+,34-32+. The van der Waals surface area contributed by atoms with Crippen LogP contribution in [0.5, 0.6) is 0 Å². The summed E-state index contributed by atoms with van der Waals surface area (Å²) in [7, 11) is 0. The van der Waals surface area contributed by atoms with Crippen LogP contribution in [0.3, 0.4) is 0 Å². The van der Waals surface area contributed by atoms with Crippen LogP contribution in [0.4, 0.5) is 0 Å². The number of hydrogen-bond donors (Lipinski definition) is 9. The average molecular weight is 928 g/mol. The second kappa shape index (κ2) is 38.1. The van der Waals surface area contributed by atoms with E-state index in [4.69, 9.17) is 18.9 Å². The quantitative estimate of drug-likeness (QED) is 0.0231. The smallest absolute Gasteiger partial charge is 0.220 e. The first-order chi connectivity index (χ1) is 31.6. The molecule has 9 N–H and O–H groups in total. The Bertz CT molecular complexity index is 1230. The molecule has 0 aromatic rings. The lowest BCUT2D eigenvalue weighted by Crippen LogP contribution is -2.65. The summed E-state index contributed by atoms with van der Waals surface area (Å²) in [5.74, 6) is -0.253. The highest BCUT2D eigenvalue weighted by molar-refractivity contribution is 5.76. The predicted octanol–water partition coefficient (Wildman–Crippen LogP) is 6.71. The number of nitrogens with one attached hydrogen (secondary N) is 1. The van der Waals surface area contributed by atoms with Crippen molar-refractivity contribution in [1.82, 2.24) is 5.32 Å². The fourth-order valence-electron chi connectivity index (χ4n) is 8.32. The first-order valence-electron chi connectivity index (χ1n) is 25.7. The third-order valence-corrected chi connectivity index (χ3v) is 12.6. The Morgan fingerprint density at radius 3 is 1.51 bits per heavy atom. The van der Waals surface area contributed by atoms with E-state index < -0.39 is 86.8 Å². The van der Waals surface area contributed by atoms with Crippen LogP contribution in [0.15, 0.2) is 36.5 Å². The molecule has 14 heteroatoms. The van der Waals surface area contributed by atoms with Gasteiger partial charge in [-0.05, 0) is 44.9 Å². The van der Waals surface area contributed by atoms with E-state index in [2.05, 4.69) is 43.5 Å². The maximum absolute atomic E-state index is 13.2. The van der Waals surface area contributed by atoms with Gasteiger partial charge >= 0.3 is 0 Å². The summed E-state index contributed by atoms with van der Waals surface area (Å²) in [6, 6.07) is -0.933. The third kappa shape index (κ3) is 25.4. The number of carbonyl (C=O) groups excluding carboxylic acids is 1. The van der Waals surface area contributed by atoms with Crippen LogP contribution in [0.25, 0.3) is 0 Å². The van der Waals surface area contributed by atoms with Crippen molar-refractivity contribution in [2.45, 2.75) is 261 Å². The molecular formula is C51H93NO13. The van der Waals surface area contributed by atoms with Gasteiger partial charge in [0.05, 0.1) is 32.0 Å². The number of aliphatic hydroxyl groups excluding tert-OH is 8. The SMILES string of the molecule is CCCCCCC/C=C/CC/C=C/CC/C=C/C(O)C(COC1OC(CO)C(OC2OC(CO)C(O)C(O)C2O)C(O)C1O)NC(=O)CCCCCCCCCCCCCCCCCC. The molecule has 0 radical (unpaired) electrons. The maximum atomic E-state index is 13.2. The third-order valence-electron chi connectivity index (χ3n) is 12.6. The lowest BCUT2D eigenvalue weighted by atomic mass is 9.97. The van der Waals surface area contributed by atoms with Crippen molar-refractivity contribution in [2.75, 3.05) is 19.8 Å². The number of amides is 1. The van der Waals surface area contributed by atoms with E-state index in [1.807, 2.05) is 6.08 Å². The van der Waals surface area contributed by atoms with Gasteiger partial charge < -0.3 is 65.1 Å². The Labute approximate surface area is 391 Å². The zero-order chi connectivity index (χ0) is 47.5. The minimum atomic E-state index is -1.79. The molecule has 65 heavy (non-hydrogen) atoms. The fraction of sp³-hybridized carbons (Fsp3) is 0.863. The number of rotatable bonds is 39. The molecule has 12 unspecified atom stereocenters. The van der Waals surface area contributed by atoms with Gasteiger partial charge in [0, 0.05) is 6.42 Å².